The van der Waals surface area contributed by atoms with Crippen molar-refractivity contribution in [2.45, 2.75) is 77.4 Å². The van der Waals surface area contributed by atoms with E-state index in [0.29, 0.717) is 18.8 Å². The van der Waals surface area contributed by atoms with E-state index in [1.54, 1.807) is 0 Å². The van der Waals surface area contributed by atoms with Crippen LogP contribution in [0.3, 0.4) is 0 Å². The molecule has 2 heterocycles. The van der Waals surface area contributed by atoms with E-state index in [-0.39, 0.29) is 23.8 Å². The summed E-state index contributed by atoms with van der Waals surface area (Å²) in [4.78, 5) is 27.5. The number of aromatic nitrogens is 3. The monoisotopic (exact) mass is 359 g/mol. The Kier molecular flexibility index (Phi) is 4.96. The molecule has 3 aliphatic rings. The maximum absolute atomic E-state index is 13.0. The number of nitrogens with zero attached hydrogens (tertiary/aromatic N) is 4. The molecule has 0 aromatic carbocycles. The summed E-state index contributed by atoms with van der Waals surface area (Å²) in [5, 5.41) is 11.3. The minimum Gasteiger partial charge on any atom is -0.348 e. The van der Waals surface area contributed by atoms with Crippen molar-refractivity contribution in [3.63, 3.8) is 0 Å². The van der Waals surface area contributed by atoms with Gasteiger partial charge in [-0.15, -0.1) is 5.10 Å². The third kappa shape index (κ3) is 3.48. The zero-order valence-electron chi connectivity index (χ0n) is 15.6. The first kappa shape index (κ1) is 17.5. The summed E-state index contributed by atoms with van der Waals surface area (Å²) in [6.07, 6.45) is 8.37. The van der Waals surface area contributed by atoms with Crippen LogP contribution in [0.1, 0.15) is 74.5 Å². The van der Waals surface area contributed by atoms with E-state index in [2.05, 4.69) is 22.6 Å². The number of hydrogen-bond acceptors (Lipinski definition) is 4. The number of hydrogen-bond donors (Lipinski definition) is 1. The largest absolute Gasteiger partial charge is 0.348 e. The SMILES string of the molecule is CC1CCC(C(=O)N2CCCn3nnc(C(=O)NC4CCC4)c3C2)CC1. The molecule has 1 aliphatic heterocycles. The van der Waals surface area contributed by atoms with E-state index < -0.39 is 0 Å². The van der Waals surface area contributed by atoms with Gasteiger partial charge in [0.2, 0.25) is 5.91 Å². The lowest BCUT2D eigenvalue weighted by molar-refractivity contribution is -0.137. The molecule has 0 spiro atoms. The fourth-order valence-corrected chi connectivity index (χ4v) is 4.28. The number of amides is 2. The Morgan fingerprint density at radius 3 is 2.50 bits per heavy atom. The highest BCUT2D eigenvalue weighted by Gasteiger charge is 2.32. The molecule has 7 heteroatoms. The minimum absolute atomic E-state index is 0.140. The maximum atomic E-state index is 13.0. The first-order valence-electron chi connectivity index (χ1n) is 10.1. The molecular weight excluding hydrogens is 330 g/mol. The standard InChI is InChI=1S/C19H29N5O2/c1-13-6-8-14(9-7-13)19(26)23-10-3-11-24-16(12-23)17(21-22-24)18(25)20-15-4-2-5-15/h13-15H,2-12H2,1H3,(H,20,25). The molecular formula is C19H29N5O2. The van der Waals surface area contributed by atoms with Crippen molar-refractivity contribution >= 4 is 11.8 Å². The zero-order valence-corrected chi connectivity index (χ0v) is 15.6. The predicted octanol–water partition coefficient (Wildman–Crippen LogP) is 2.12. The average molecular weight is 359 g/mol. The van der Waals surface area contributed by atoms with Gasteiger partial charge < -0.3 is 10.2 Å². The fourth-order valence-electron chi connectivity index (χ4n) is 4.28. The highest BCUT2D eigenvalue weighted by molar-refractivity contribution is 5.93. The van der Waals surface area contributed by atoms with Crippen LogP contribution in [0, 0.1) is 11.8 Å². The van der Waals surface area contributed by atoms with Crippen LogP contribution in [0.4, 0.5) is 0 Å². The summed E-state index contributed by atoms with van der Waals surface area (Å²) >= 11 is 0. The van der Waals surface area contributed by atoms with Crippen LogP contribution < -0.4 is 5.32 Å². The number of aryl methyl sites for hydroxylation is 1. The molecule has 7 nitrogen and oxygen atoms in total. The van der Waals surface area contributed by atoms with Crippen molar-refractivity contribution in [1.29, 1.82) is 0 Å². The van der Waals surface area contributed by atoms with E-state index >= 15 is 0 Å². The molecule has 2 saturated carbocycles. The molecule has 142 valence electrons. The molecule has 26 heavy (non-hydrogen) atoms. The van der Waals surface area contributed by atoms with Gasteiger partial charge in [0.1, 0.15) is 0 Å². The smallest absolute Gasteiger partial charge is 0.274 e. The van der Waals surface area contributed by atoms with Crippen LogP contribution in [-0.4, -0.2) is 44.3 Å². The molecule has 0 unspecified atom stereocenters. The van der Waals surface area contributed by atoms with Crippen molar-refractivity contribution in [3.05, 3.63) is 11.4 Å². The van der Waals surface area contributed by atoms with Crippen LogP contribution in [0.25, 0.3) is 0 Å². The molecule has 2 amide bonds. The molecule has 0 radical (unpaired) electrons. The highest BCUT2D eigenvalue weighted by atomic mass is 16.2. The Balaban J connectivity index is 1.47. The summed E-state index contributed by atoms with van der Waals surface area (Å²) in [7, 11) is 0. The van der Waals surface area contributed by atoms with Gasteiger partial charge in [0.05, 0.1) is 12.2 Å². The van der Waals surface area contributed by atoms with E-state index in [9.17, 15) is 9.59 Å². The second-order valence-corrected chi connectivity index (χ2v) is 8.28. The number of nitrogens with one attached hydrogen (secondary N) is 1. The maximum Gasteiger partial charge on any atom is 0.274 e. The minimum atomic E-state index is -0.142. The summed E-state index contributed by atoms with van der Waals surface area (Å²) in [6.45, 7) is 4.16. The van der Waals surface area contributed by atoms with Gasteiger partial charge in [0.25, 0.3) is 5.91 Å². The molecule has 0 saturated heterocycles. The first-order chi connectivity index (χ1) is 12.6. The molecule has 1 N–H and O–H groups in total. The molecule has 0 bridgehead atoms. The molecule has 2 fully saturated rings. The number of carbonyl (C=O) groups excluding carboxylic acids is 2. The lowest BCUT2D eigenvalue weighted by Gasteiger charge is -2.30. The predicted molar refractivity (Wildman–Crippen MR) is 96.3 cm³/mol. The Labute approximate surface area is 154 Å². The topological polar surface area (TPSA) is 80.1 Å². The van der Waals surface area contributed by atoms with Gasteiger partial charge in [-0.1, -0.05) is 12.1 Å². The summed E-state index contributed by atoms with van der Waals surface area (Å²) in [6, 6.07) is 0.271. The van der Waals surface area contributed by atoms with Gasteiger partial charge in [-0.2, -0.15) is 0 Å². The van der Waals surface area contributed by atoms with Crippen molar-refractivity contribution in [2.24, 2.45) is 11.8 Å². The summed E-state index contributed by atoms with van der Waals surface area (Å²) < 4.78 is 1.81. The molecule has 0 atom stereocenters. The Morgan fingerprint density at radius 1 is 1.04 bits per heavy atom. The lowest BCUT2D eigenvalue weighted by Crippen LogP contribution is -2.41. The number of rotatable bonds is 3. The quantitative estimate of drug-likeness (QED) is 0.896. The second-order valence-electron chi connectivity index (χ2n) is 8.28. The van der Waals surface area contributed by atoms with Crippen LogP contribution in [-0.2, 0) is 17.9 Å². The number of carbonyl (C=O) groups is 2. The van der Waals surface area contributed by atoms with Gasteiger partial charge in [-0.25, -0.2) is 4.68 Å². The van der Waals surface area contributed by atoms with Crippen LogP contribution in [0.2, 0.25) is 0 Å². The van der Waals surface area contributed by atoms with E-state index in [1.165, 1.54) is 6.42 Å². The fraction of sp³-hybridized carbons (Fsp3) is 0.789. The molecule has 1 aromatic heterocycles. The third-order valence-electron chi connectivity index (χ3n) is 6.31. The van der Waals surface area contributed by atoms with E-state index in [4.69, 9.17) is 0 Å². The van der Waals surface area contributed by atoms with Crippen LogP contribution in [0.15, 0.2) is 0 Å². The lowest BCUT2D eigenvalue weighted by atomic mass is 9.82. The second kappa shape index (κ2) is 7.37. The van der Waals surface area contributed by atoms with Crippen LogP contribution in [0.5, 0.6) is 0 Å². The third-order valence-corrected chi connectivity index (χ3v) is 6.31. The van der Waals surface area contributed by atoms with Crippen molar-refractivity contribution in [3.8, 4) is 0 Å². The summed E-state index contributed by atoms with van der Waals surface area (Å²) in [5.74, 6) is 0.977. The Morgan fingerprint density at radius 2 is 1.81 bits per heavy atom. The zero-order chi connectivity index (χ0) is 18.1. The van der Waals surface area contributed by atoms with Crippen LogP contribution >= 0.6 is 0 Å². The molecule has 4 rings (SSSR count). The Bertz CT molecular complexity index is 673. The Hall–Kier alpha value is -1.92. The van der Waals surface area contributed by atoms with Gasteiger partial charge in [0.15, 0.2) is 5.69 Å². The van der Waals surface area contributed by atoms with Crippen molar-refractivity contribution in [2.75, 3.05) is 6.54 Å². The van der Waals surface area contributed by atoms with Gasteiger partial charge >= 0.3 is 0 Å². The molecule has 2 aliphatic carbocycles. The van der Waals surface area contributed by atoms with Gasteiger partial charge in [0, 0.05) is 25.0 Å². The van der Waals surface area contributed by atoms with E-state index in [1.807, 2.05) is 9.58 Å². The average Bonchev–Trinajstić information content (AvgIpc) is 2.88. The summed E-state index contributed by atoms with van der Waals surface area (Å²) in [5.41, 5.74) is 1.19. The van der Waals surface area contributed by atoms with Crippen molar-refractivity contribution < 1.29 is 9.59 Å². The van der Waals surface area contributed by atoms with E-state index in [0.717, 1.165) is 63.1 Å². The number of fused-ring (bicyclic) bond motifs is 1. The highest BCUT2D eigenvalue weighted by Crippen LogP contribution is 2.30. The molecule has 1 aromatic rings. The van der Waals surface area contributed by atoms with Crippen molar-refractivity contribution in [1.82, 2.24) is 25.2 Å². The normalized spacial score (nSPS) is 26.6. The van der Waals surface area contributed by atoms with Gasteiger partial charge in [-0.05, 0) is 57.3 Å². The van der Waals surface area contributed by atoms with Gasteiger partial charge in [-0.3, -0.25) is 9.59 Å². The first-order valence-corrected chi connectivity index (χ1v) is 10.1.